The van der Waals surface area contributed by atoms with Gasteiger partial charge < -0.3 is 15.4 Å². The first-order valence-electron chi connectivity index (χ1n) is 7.36. The van der Waals surface area contributed by atoms with Crippen LogP contribution in [0.25, 0.3) is 0 Å². The number of carbonyl (C=O) groups is 3. The average Bonchev–Trinajstić information content (AvgIpc) is 2.61. The molecule has 2 N–H and O–H groups in total. The molecule has 0 aliphatic carbocycles. The lowest BCUT2D eigenvalue weighted by atomic mass is 10.2. The number of rotatable bonds is 5. The predicted octanol–water partition coefficient (Wildman–Crippen LogP) is 1.51. The molecule has 0 fully saturated rings. The summed E-state index contributed by atoms with van der Waals surface area (Å²) in [7, 11) is 0. The molecule has 2 rings (SSSR count). The Morgan fingerprint density at radius 3 is 2.46 bits per heavy atom. The van der Waals surface area contributed by atoms with Gasteiger partial charge in [-0.15, -0.1) is 0 Å². The van der Waals surface area contributed by atoms with Crippen LogP contribution in [0.1, 0.15) is 22.8 Å². The summed E-state index contributed by atoms with van der Waals surface area (Å²) in [6, 6.07) is 9.80. The minimum atomic E-state index is -0.860. The molecule has 0 saturated heterocycles. The third-order valence-corrected chi connectivity index (χ3v) is 3.08. The number of carbonyl (C=O) groups excluding carboxylic acids is 3. The van der Waals surface area contributed by atoms with Gasteiger partial charge in [-0.2, -0.15) is 0 Å². The monoisotopic (exact) mass is 327 g/mol. The average molecular weight is 327 g/mol. The number of esters is 1. The number of anilines is 1. The molecule has 0 atom stereocenters. The highest BCUT2D eigenvalue weighted by molar-refractivity contribution is 6.39. The van der Waals surface area contributed by atoms with Crippen molar-refractivity contribution in [2.24, 2.45) is 0 Å². The molecule has 0 saturated carbocycles. The molecule has 0 spiro atoms. The Bertz CT molecular complexity index is 732. The van der Waals surface area contributed by atoms with E-state index in [0.717, 1.165) is 5.56 Å². The van der Waals surface area contributed by atoms with Crippen molar-refractivity contribution in [2.45, 2.75) is 13.5 Å². The second-order valence-electron chi connectivity index (χ2n) is 4.76. The molecule has 7 nitrogen and oxygen atoms in total. The van der Waals surface area contributed by atoms with Crippen LogP contribution in [0.15, 0.2) is 48.8 Å². The Morgan fingerprint density at radius 1 is 1.04 bits per heavy atom. The first-order valence-corrected chi connectivity index (χ1v) is 7.36. The Balaban J connectivity index is 1.99. The van der Waals surface area contributed by atoms with E-state index in [1.165, 1.54) is 12.1 Å². The Labute approximate surface area is 139 Å². The van der Waals surface area contributed by atoms with E-state index in [-0.39, 0.29) is 24.4 Å². The largest absolute Gasteiger partial charge is 0.462 e. The lowest BCUT2D eigenvalue weighted by Crippen LogP contribution is -2.35. The zero-order chi connectivity index (χ0) is 17.4. The molecule has 24 heavy (non-hydrogen) atoms. The van der Waals surface area contributed by atoms with Gasteiger partial charge in [0.2, 0.25) is 0 Å². The number of benzene rings is 1. The first kappa shape index (κ1) is 17.1. The number of hydrogen-bond donors (Lipinski definition) is 2. The van der Waals surface area contributed by atoms with Crippen LogP contribution in [0, 0.1) is 0 Å². The number of nitrogens with one attached hydrogen (secondary N) is 2. The molecule has 124 valence electrons. The summed E-state index contributed by atoms with van der Waals surface area (Å²) in [6.07, 6.45) is 3.19. The van der Waals surface area contributed by atoms with Crippen LogP contribution in [0.3, 0.4) is 0 Å². The standard InChI is InChI=1S/C17H17N3O4/c1-2-24-17(23)13-5-3-4-6-14(13)20-16(22)15(21)19-11-12-7-9-18-10-8-12/h3-10H,2,11H2,1H3,(H,19,21)(H,20,22). The predicted molar refractivity (Wildman–Crippen MR) is 87.1 cm³/mol. The lowest BCUT2D eigenvalue weighted by molar-refractivity contribution is -0.136. The Morgan fingerprint density at radius 2 is 1.75 bits per heavy atom. The number of hydrogen-bond acceptors (Lipinski definition) is 5. The van der Waals surface area contributed by atoms with Gasteiger partial charge in [0.1, 0.15) is 0 Å². The van der Waals surface area contributed by atoms with Crippen LogP contribution >= 0.6 is 0 Å². The molecule has 2 aromatic rings. The number of aromatic nitrogens is 1. The first-order chi connectivity index (χ1) is 11.6. The van der Waals surface area contributed by atoms with Crippen molar-refractivity contribution in [2.75, 3.05) is 11.9 Å². The maximum absolute atomic E-state index is 12.0. The minimum Gasteiger partial charge on any atom is -0.462 e. The number of nitrogens with zero attached hydrogens (tertiary/aromatic N) is 1. The maximum Gasteiger partial charge on any atom is 0.340 e. The fourth-order valence-corrected chi connectivity index (χ4v) is 1.92. The number of pyridine rings is 1. The fraction of sp³-hybridized carbons (Fsp3) is 0.176. The second kappa shape index (κ2) is 8.42. The topological polar surface area (TPSA) is 97.4 Å². The zero-order valence-electron chi connectivity index (χ0n) is 13.1. The van der Waals surface area contributed by atoms with Crippen LogP contribution in [0.4, 0.5) is 5.69 Å². The van der Waals surface area contributed by atoms with Crippen LogP contribution in [0.5, 0.6) is 0 Å². The molecule has 2 amide bonds. The van der Waals surface area contributed by atoms with Crippen molar-refractivity contribution >= 4 is 23.5 Å². The van der Waals surface area contributed by atoms with Crippen LogP contribution in [-0.4, -0.2) is 29.4 Å². The minimum absolute atomic E-state index is 0.189. The smallest absolute Gasteiger partial charge is 0.340 e. The summed E-state index contributed by atoms with van der Waals surface area (Å²) < 4.78 is 4.92. The van der Waals surface area contributed by atoms with E-state index in [9.17, 15) is 14.4 Å². The summed E-state index contributed by atoms with van der Waals surface area (Å²) in [6.45, 7) is 2.10. The Kier molecular flexibility index (Phi) is 6.01. The molecule has 1 aromatic carbocycles. The molecule has 1 heterocycles. The van der Waals surface area contributed by atoms with Crippen molar-refractivity contribution in [3.8, 4) is 0 Å². The lowest BCUT2D eigenvalue weighted by Gasteiger charge is -2.10. The summed E-state index contributed by atoms with van der Waals surface area (Å²) >= 11 is 0. The molecule has 1 aromatic heterocycles. The van der Waals surface area contributed by atoms with Gasteiger partial charge in [0.15, 0.2) is 0 Å². The Hall–Kier alpha value is -3.22. The highest BCUT2D eigenvalue weighted by Gasteiger charge is 2.18. The molecule has 0 radical (unpaired) electrons. The summed E-state index contributed by atoms with van der Waals surface area (Å²) in [4.78, 5) is 39.6. The third-order valence-electron chi connectivity index (χ3n) is 3.08. The van der Waals surface area contributed by atoms with Crippen molar-refractivity contribution in [1.29, 1.82) is 0 Å². The molecule has 7 heteroatoms. The van der Waals surface area contributed by atoms with Gasteiger partial charge in [-0.05, 0) is 36.8 Å². The van der Waals surface area contributed by atoms with Gasteiger partial charge in [-0.25, -0.2) is 4.79 Å². The van der Waals surface area contributed by atoms with E-state index in [2.05, 4.69) is 15.6 Å². The normalized spacial score (nSPS) is 9.88. The van der Waals surface area contributed by atoms with E-state index in [0.29, 0.717) is 0 Å². The number of amides is 2. The van der Waals surface area contributed by atoms with Crippen LogP contribution in [-0.2, 0) is 20.9 Å². The second-order valence-corrected chi connectivity index (χ2v) is 4.76. The van der Waals surface area contributed by atoms with Crippen LogP contribution < -0.4 is 10.6 Å². The van der Waals surface area contributed by atoms with Gasteiger partial charge in [-0.3, -0.25) is 14.6 Å². The SMILES string of the molecule is CCOC(=O)c1ccccc1NC(=O)C(=O)NCc1ccncc1. The van der Waals surface area contributed by atoms with Gasteiger partial charge in [0.25, 0.3) is 0 Å². The molecule has 0 bridgehead atoms. The summed E-state index contributed by atoms with van der Waals surface area (Å²) in [5, 5.41) is 4.92. The van der Waals surface area contributed by atoms with Gasteiger partial charge in [-0.1, -0.05) is 12.1 Å². The van der Waals surface area contributed by atoms with Crippen molar-refractivity contribution in [1.82, 2.24) is 10.3 Å². The van der Waals surface area contributed by atoms with Gasteiger partial charge in [0, 0.05) is 18.9 Å². The zero-order valence-corrected chi connectivity index (χ0v) is 13.1. The van der Waals surface area contributed by atoms with Crippen molar-refractivity contribution in [3.05, 3.63) is 59.9 Å². The van der Waals surface area contributed by atoms with Gasteiger partial charge in [0.05, 0.1) is 17.9 Å². The quantitative estimate of drug-likeness (QED) is 0.641. The maximum atomic E-state index is 12.0. The highest BCUT2D eigenvalue weighted by Crippen LogP contribution is 2.16. The summed E-state index contributed by atoms with van der Waals surface area (Å²) in [5.41, 5.74) is 1.23. The number of para-hydroxylation sites is 1. The fourth-order valence-electron chi connectivity index (χ4n) is 1.92. The van der Waals surface area contributed by atoms with Crippen LogP contribution in [0.2, 0.25) is 0 Å². The van der Waals surface area contributed by atoms with E-state index in [4.69, 9.17) is 4.74 Å². The third kappa shape index (κ3) is 4.64. The van der Waals surface area contributed by atoms with Crippen molar-refractivity contribution < 1.29 is 19.1 Å². The highest BCUT2D eigenvalue weighted by atomic mass is 16.5. The van der Waals surface area contributed by atoms with E-state index in [1.54, 1.807) is 43.6 Å². The molecule has 0 aliphatic rings. The summed E-state index contributed by atoms with van der Waals surface area (Å²) in [5.74, 6) is -2.23. The molecular weight excluding hydrogens is 310 g/mol. The van der Waals surface area contributed by atoms with E-state index < -0.39 is 17.8 Å². The van der Waals surface area contributed by atoms with Gasteiger partial charge >= 0.3 is 17.8 Å². The van der Waals surface area contributed by atoms with Crippen molar-refractivity contribution in [3.63, 3.8) is 0 Å². The molecule has 0 aliphatic heterocycles. The van der Waals surface area contributed by atoms with E-state index in [1.807, 2.05) is 0 Å². The molecular formula is C17H17N3O4. The number of ether oxygens (including phenoxy) is 1. The molecule has 0 unspecified atom stereocenters. The van der Waals surface area contributed by atoms with E-state index >= 15 is 0 Å².